The van der Waals surface area contributed by atoms with Crippen molar-refractivity contribution in [2.45, 2.75) is 26.1 Å². The van der Waals surface area contributed by atoms with Crippen LogP contribution in [0.15, 0.2) is 59.6 Å². The summed E-state index contributed by atoms with van der Waals surface area (Å²) in [6, 6.07) is 19.3. The molecule has 0 aliphatic carbocycles. The van der Waals surface area contributed by atoms with Crippen molar-refractivity contribution in [1.29, 1.82) is 0 Å². The Labute approximate surface area is 145 Å². The Kier molecular flexibility index (Phi) is 6.82. The van der Waals surface area contributed by atoms with Gasteiger partial charge in [0.25, 0.3) is 0 Å². The van der Waals surface area contributed by atoms with Crippen molar-refractivity contribution >= 4 is 5.96 Å². The van der Waals surface area contributed by atoms with Crippen LogP contribution in [0.5, 0.6) is 0 Å². The molecule has 1 atom stereocenters. The molecular weight excluding hydrogens is 296 g/mol. The predicted molar refractivity (Wildman–Crippen MR) is 102 cm³/mol. The highest BCUT2D eigenvalue weighted by atomic mass is 15.2. The number of rotatable bonds is 6. The first kappa shape index (κ1) is 18.0. The minimum Gasteiger partial charge on any atom is -0.352 e. The van der Waals surface area contributed by atoms with Crippen molar-refractivity contribution < 1.29 is 0 Å². The summed E-state index contributed by atoms with van der Waals surface area (Å²) in [5, 5.41) is 6.80. The van der Waals surface area contributed by atoms with Crippen molar-refractivity contribution in [1.82, 2.24) is 15.5 Å². The SMILES string of the molecule is CN=C(NCc1ccc(CN(C)C)cc1)NC(C)c1ccccc1. The number of benzene rings is 2. The second kappa shape index (κ2) is 9.08. The third kappa shape index (κ3) is 5.70. The zero-order valence-corrected chi connectivity index (χ0v) is 15.1. The van der Waals surface area contributed by atoms with Crippen LogP contribution in [-0.4, -0.2) is 32.0 Å². The summed E-state index contributed by atoms with van der Waals surface area (Å²) < 4.78 is 0. The Balaban J connectivity index is 1.87. The van der Waals surface area contributed by atoms with E-state index in [4.69, 9.17) is 0 Å². The highest BCUT2D eigenvalue weighted by Crippen LogP contribution is 2.11. The van der Waals surface area contributed by atoms with Crippen LogP contribution in [-0.2, 0) is 13.1 Å². The van der Waals surface area contributed by atoms with Crippen LogP contribution in [0.3, 0.4) is 0 Å². The van der Waals surface area contributed by atoms with Crippen LogP contribution in [0.2, 0.25) is 0 Å². The molecule has 24 heavy (non-hydrogen) atoms. The molecule has 0 saturated carbocycles. The minimum atomic E-state index is 0.208. The summed E-state index contributed by atoms with van der Waals surface area (Å²) in [4.78, 5) is 6.48. The van der Waals surface area contributed by atoms with Gasteiger partial charge in [-0.2, -0.15) is 0 Å². The summed E-state index contributed by atoms with van der Waals surface area (Å²) in [6.07, 6.45) is 0. The number of guanidine groups is 1. The van der Waals surface area contributed by atoms with Gasteiger partial charge in [0.05, 0.1) is 6.04 Å². The molecule has 2 rings (SSSR count). The third-order valence-corrected chi connectivity index (χ3v) is 3.86. The highest BCUT2D eigenvalue weighted by Gasteiger charge is 2.07. The normalized spacial score (nSPS) is 13.0. The molecule has 0 bridgehead atoms. The fraction of sp³-hybridized carbons (Fsp3) is 0.350. The van der Waals surface area contributed by atoms with Crippen LogP contribution < -0.4 is 10.6 Å². The van der Waals surface area contributed by atoms with E-state index in [1.54, 1.807) is 7.05 Å². The van der Waals surface area contributed by atoms with Crippen molar-refractivity contribution in [2.75, 3.05) is 21.1 Å². The third-order valence-electron chi connectivity index (χ3n) is 3.86. The lowest BCUT2D eigenvalue weighted by molar-refractivity contribution is 0.402. The van der Waals surface area contributed by atoms with Gasteiger partial charge < -0.3 is 15.5 Å². The van der Waals surface area contributed by atoms with Gasteiger partial charge in [0.2, 0.25) is 0 Å². The topological polar surface area (TPSA) is 39.7 Å². The number of hydrogen-bond donors (Lipinski definition) is 2. The molecule has 0 spiro atoms. The van der Waals surface area contributed by atoms with Crippen LogP contribution in [0, 0.1) is 0 Å². The van der Waals surface area contributed by atoms with E-state index in [0.717, 1.165) is 19.0 Å². The van der Waals surface area contributed by atoms with Crippen molar-refractivity contribution in [3.8, 4) is 0 Å². The average Bonchev–Trinajstić information content (AvgIpc) is 2.60. The molecule has 0 aromatic heterocycles. The molecule has 0 radical (unpaired) electrons. The van der Waals surface area contributed by atoms with Gasteiger partial charge in [0, 0.05) is 20.1 Å². The first-order valence-electron chi connectivity index (χ1n) is 8.33. The van der Waals surface area contributed by atoms with E-state index in [1.165, 1.54) is 16.7 Å². The van der Waals surface area contributed by atoms with Crippen LogP contribution in [0.4, 0.5) is 0 Å². The Morgan fingerprint density at radius 1 is 1.00 bits per heavy atom. The summed E-state index contributed by atoms with van der Waals surface area (Å²) in [5.41, 5.74) is 3.81. The van der Waals surface area contributed by atoms with E-state index >= 15 is 0 Å². The molecule has 2 aromatic rings. The van der Waals surface area contributed by atoms with E-state index in [1.807, 2.05) is 6.07 Å². The van der Waals surface area contributed by atoms with Gasteiger partial charge in [-0.15, -0.1) is 0 Å². The monoisotopic (exact) mass is 324 g/mol. The van der Waals surface area contributed by atoms with Gasteiger partial charge in [-0.25, -0.2) is 0 Å². The molecule has 4 nitrogen and oxygen atoms in total. The number of nitrogens with zero attached hydrogens (tertiary/aromatic N) is 2. The van der Waals surface area contributed by atoms with Crippen molar-refractivity contribution in [2.24, 2.45) is 4.99 Å². The highest BCUT2D eigenvalue weighted by molar-refractivity contribution is 5.80. The molecule has 2 N–H and O–H groups in total. The molecule has 4 heteroatoms. The zero-order valence-electron chi connectivity index (χ0n) is 15.1. The lowest BCUT2D eigenvalue weighted by atomic mass is 10.1. The van der Waals surface area contributed by atoms with Gasteiger partial charge in [-0.1, -0.05) is 54.6 Å². The fourth-order valence-electron chi connectivity index (χ4n) is 2.54. The van der Waals surface area contributed by atoms with Crippen molar-refractivity contribution in [3.05, 3.63) is 71.3 Å². The minimum absolute atomic E-state index is 0.208. The van der Waals surface area contributed by atoms with Gasteiger partial charge in [0.1, 0.15) is 0 Å². The molecule has 0 aliphatic rings. The first-order valence-corrected chi connectivity index (χ1v) is 8.33. The van der Waals surface area contributed by atoms with Crippen molar-refractivity contribution in [3.63, 3.8) is 0 Å². The number of nitrogens with one attached hydrogen (secondary N) is 2. The average molecular weight is 324 g/mol. The Hall–Kier alpha value is -2.33. The zero-order chi connectivity index (χ0) is 17.4. The van der Waals surface area contributed by atoms with Gasteiger partial charge >= 0.3 is 0 Å². The molecule has 0 aliphatic heterocycles. The number of aliphatic imine (C=N–C) groups is 1. The molecule has 128 valence electrons. The predicted octanol–water partition coefficient (Wildman–Crippen LogP) is 3.17. The Morgan fingerprint density at radius 2 is 1.62 bits per heavy atom. The van der Waals surface area contributed by atoms with E-state index in [0.29, 0.717) is 0 Å². The molecular formula is C20H28N4. The smallest absolute Gasteiger partial charge is 0.191 e. The van der Waals surface area contributed by atoms with Crippen LogP contribution in [0.25, 0.3) is 0 Å². The number of hydrogen-bond acceptors (Lipinski definition) is 2. The molecule has 2 aromatic carbocycles. The summed E-state index contributed by atoms with van der Waals surface area (Å²) in [5.74, 6) is 0.809. The van der Waals surface area contributed by atoms with Crippen LogP contribution in [0.1, 0.15) is 29.7 Å². The maximum atomic E-state index is 4.31. The Bertz CT molecular complexity index is 632. The van der Waals surface area contributed by atoms with Gasteiger partial charge in [0.15, 0.2) is 5.96 Å². The van der Waals surface area contributed by atoms with E-state index in [2.05, 4.69) is 90.1 Å². The van der Waals surface area contributed by atoms with E-state index in [9.17, 15) is 0 Å². The van der Waals surface area contributed by atoms with Crippen LogP contribution >= 0.6 is 0 Å². The first-order chi connectivity index (χ1) is 11.6. The molecule has 1 unspecified atom stereocenters. The lowest BCUT2D eigenvalue weighted by Crippen LogP contribution is -2.38. The second-order valence-electron chi connectivity index (χ2n) is 6.26. The lowest BCUT2D eigenvalue weighted by Gasteiger charge is -2.18. The molecule has 0 fully saturated rings. The summed E-state index contributed by atoms with van der Waals surface area (Å²) >= 11 is 0. The largest absolute Gasteiger partial charge is 0.352 e. The van der Waals surface area contributed by atoms with E-state index < -0.39 is 0 Å². The quantitative estimate of drug-likeness (QED) is 0.633. The standard InChI is InChI=1S/C20H28N4/c1-16(19-8-6-5-7-9-19)23-20(21-2)22-14-17-10-12-18(13-11-17)15-24(3)4/h5-13,16H,14-15H2,1-4H3,(H2,21,22,23). The second-order valence-corrected chi connectivity index (χ2v) is 6.26. The van der Waals surface area contributed by atoms with E-state index in [-0.39, 0.29) is 6.04 Å². The maximum Gasteiger partial charge on any atom is 0.191 e. The van der Waals surface area contributed by atoms with Gasteiger partial charge in [-0.05, 0) is 37.7 Å². The summed E-state index contributed by atoms with van der Waals surface area (Å²) in [6.45, 7) is 3.85. The summed E-state index contributed by atoms with van der Waals surface area (Å²) in [7, 11) is 5.96. The van der Waals surface area contributed by atoms with Gasteiger partial charge in [-0.3, -0.25) is 4.99 Å². The maximum absolute atomic E-state index is 4.31. The molecule has 0 saturated heterocycles. The Morgan fingerprint density at radius 3 is 2.21 bits per heavy atom. The molecule has 0 heterocycles. The molecule has 0 amide bonds. The fourth-order valence-corrected chi connectivity index (χ4v) is 2.54.